The van der Waals surface area contributed by atoms with Crippen LogP contribution in [0.4, 0.5) is 5.69 Å². The van der Waals surface area contributed by atoms with E-state index in [1.807, 2.05) is 17.0 Å². The van der Waals surface area contributed by atoms with Gasteiger partial charge in [-0.25, -0.2) is 0 Å². The highest BCUT2D eigenvalue weighted by Gasteiger charge is 2.19. The highest BCUT2D eigenvalue weighted by Crippen LogP contribution is 2.30. The van der Waals surface area contributed by atoms with E-state index < -0.39 is 0 Å². The number of anilines is 1. The normalized spacial score (nSPS) is 15.7. The summed E-state index contributed by atoms with van der Waals surface area (Å²) in [6.07, 6.45) is 0. The van der Waals surface area contributed by atoms with E-state index in [2.05, 4.69) is 26.9 Å². The Bertz CT molecular complexity index is 443. The van der Waals surface area contributed by atoms with Gasteiger partial charge in [-0.3, -0.25) is 4.79 Å². The van der Waals surface area contributed by atoms with Crippen molar-refractivity contribution in [2.24, 2.45) is 0 Å². The molecule has 4 nitrogen and oxygen atoms in total. The molecule has 0 radical (unpaired) electrons. The minimum absolute atomic E-state index is 0.156. The first-order chi connectivity index (χ1) is 8.61. The quantitative estimate of drug-likeness (QED) is 0.838. The minimum atomic E-state index is 0.156. The molecule has 0 bridgehead atoms. The molecule has 0 aliphatic carbocycles. The summed E-state index contributed by atoms with van der Waals surface area (Å²) >= 11 is 3.45. The molecule has 0 N–H and O–H groups in total. The van der Waals surface area contributed by atoms with Crippen LogP contribution in [0.1, 0.15) is 6.92 Å². The van der Waals surface area contributed by atoms with Gasteiger partial charge in [-0.15, -0.1) is 0 Å². The zero-order valence-electron chi connectivity index (χ0n) is 10.6. The number of ether oxygens (including phenoxy) is 1. The Kier molecular flexibility index (Phi) is 4.11. The summed E-state index contributed by atoms with van der Waals surface area (Å²) in [7, 11) is 1.66. The molecule has 0 saturated carbocycles. The van der Waals surface area contributed by atoms with Crippen molar-refractivity contribution in [1.82, 2.24) is 4.90 Å². The number of carbonyl (C=O) groups excluding carboxylic acids is 1. The van der Waals surface area contributed by atoms with E-state index >= 15 is 0 Å². The van der Waals surface area contributed by atoms with Crippen LogP contribution in [0, 0.1) is 0 Å². The van der Waals surface area contributed by atoms with Crippen molar-refractivity contribution >= 4 is 27.5 Å². The third kappa shape index (κ3) is 2.77. The Morgan fingerprint density at radius 3 is 2.50 bits per heavy atom. The average Bonchev–Trinajstić information content (AvgIpc) is 2.39. The molecule has 1 fully saturated rings. The summed E-state index contributed by atoms with van der Waals surface area (Å²) in [4.78, 5) is 15.4. The van der Waals surface area contributed by atoms with Crippen LogP contribution in [0.2, 0.25) is 0 Å². The van der Waals surface area contributed by atoms with Crippen LogP contribution in [0.15, 0.2) is 22.7 Å². The first-order valence-electron chi connectivity index (χ1n) is 5.96. The van der Waals surface area contributed by atoms with Gasteiger partial charge in [-0.1, -0.05) is 0 Å². The Labute approximate surface area is 116 Å². The molecule has 1 aliphatic heterocycles. The number of carbonyl (C=O) groups is 1. The molecule has 1 aromatic rings. The lowest BCUT2D eigenvalue weighted by Gasteiger charge is -2.35. The maximum Gasteiger partial charge on any atom is 0.219 e. The van der Waals surface area contributed by atoms with Gasteiger partial charge >= 0.3 is 0 Å². The highest BCUT2D eigenvalue weighted by atomic mass is 79.9. The lowest BCUT2D eigenvalue weighted by atomic mass is 10.2. The number of piperazine rings is 1. The van der Waals surface area contributed by atoms with E-state index in [-0.39, 0.29) is 5.91 Å². The Hall–Kier alpha value is -1.23. The smallest absolute Gasteiger partial charge is 0.219 e. The van der Waals surface area contributed by atoms with Gasteiger partial charge in [0.1, 0.15) is 5.75 Å². The summed E-state index contributed by atoms with van der Waals surface area (Å²) < 4.78 is 6.25. The van der Waals surface area contributed by atoms with Crippen LogP contribution < -0.4 is 9.64 Å². The van der Waals surface area contributed by atoms with Crippen LogP contribution in [-0.4, -0.2) is 44.1 Å². The molecule has 1 heterocycles. The molecule has 98 valence electrons. The molecule has 2 rings (SSSR count). The maximum absolute atomic E-state index is 11.3. The fourth-order valence-electron chi connectivity index (χ4n) is 2.12. The number of methoxy groups -OCH3 is 1. The number of halogens is 1. The van der Waals surface area contributed by atoms with E-state index in [0.717, 1.165) is 42.1 Å². The van der Waals surface area contributed by atoms with Gasteiger partial charge in [0.15, 0.2) is 0 Å². The second kappa shape index (κ2) is 5.61. The van der Waals surface area contributed by atoms with E-state index in [0.29, 0.717) is 0 Å². The van der Waals surface area contributed by atoms with Crippen molar-refractivity contribution < 1.29 is 9.53 Å². The molecule has 18 heavy (non-hydrogen) atoms. The average molecular weight is 313 g/mol. The predicted octanol–water partition coefficient (Wildman–Crippen LogP) is 2.13. The van der Waals surface area contributed by atoms with Crippen molar-refractivity contribution in [1.29, 1.82) is 0 Å². The van der Waals surface area contributed by atoms with E-state index in [1.165, 1.54) is 0 Å². The summed E-state index contributed by atoms with van der Waals surface area (Å²) in [5.74, 6) is 0.990. The fourth-order valence-corrected chi connectivity index (χ4v) is 2.53. The second-order valence-corrected chi connectivity index (χ2v) is 5.17. The Balaban J connectivity index is 2.07. The Morgan fingerprint density at radius 2 is 1.94 bits per heavy atom. The summed E-state index contributed by atoms with van der Waals surface area (Å²) in [6, 6.07) is 6.08. The van der Waals surface area contributed by atoms with Gasteiger partial charge < -0.3 is 14.5 Å². The van der Waals surface area contributed by atoms with Crippen LogP contribution in [0.25, 0.3) is 0 Å². The first kappa shape index (κ1) is 13.2. The molecular weight excluding hydrogens is 296 g/mol. The van der Waals surface area contributed by atoms with Crippen LogP contribution in [0.3, 0.4) is 0 Å². The number of nitrogens with zero attached hydrogens (tertiary/aromatic N) is 2. The highest BCUT2D eigenvalue weighted by molar-refractivity contribution is 9.10. The van der Waals surface area contributed by atoms with Crippen molar-refractivity contribution in [2.75, 3.05) is 38.2 Å². The van der Waals surface area contributed by atoms with Gasteiger partial charge in [-0.2, -0.15) is 0 Å². The molecule has 0 aromatic heterocycles. The van der Waals surface area contributed by atoms with Crippen molar-refractivity contribution in [3.05, 3.63) is 22.7 Å². The molecule has 1 amide bonds. The molecule has 1 aromatic carbocycles. The maximum atomic E-state index is 11.3. The first-order valence-corrected chi connectivity index (χ1v) is 6.75. The largest absolute Gasteiger partial charge is 0.495 e. The number of rotatable bonds is 2. The fraction of sp³-hybridized carbons (Fsp3) is 0.462. The van der Waals surface area contributed by atoms with Crippen LogP contribution >= 0.6 is 15.9 Å². The van der Waals surface area contributed by atoms with E-state index in [9.17, 15) is 4.79 Å². The molecule has 1 aliphatic rings. The monoisotopic (exact) mass is 312 g/mol. The molecule has 0 spiro atoms. The molecule has 0 atom stereocenters. The topological polar surface area (TPSA) is 32.8 Å². The number of amides is 1. The van der Waals surface area contributed by atoms with Gasteiger partial charge in [-0.05, 0) is 28.1 Å². The van der Waals surface area contributed by atoms with Gasteiger partial charge in [0.05, 0.1) is 11.6 Å². The molecule has 1 saturated heterocycles. The minimum Gasteiger partial charge on any atom is -0.495 e. The van der Waals surface area contributed by atoms with Crippen LogP contribution in [-0.2, 0) is 4.79 Å². The van der Waals surface area contributed by atoms with Gasteiger partial charge in [0.25, 0.3) is 0 Å². The number of benzene rings is 1. The van der Waals surface area contributed by atoms with Gasteiger partial charge in [0.2, 0.25) is 5.91 Å². The number of hydrogen-bond donors (Lipinski definition) is 0. The van der Waals surface area contributed by atoms with E-state index in [4.69, 9.17) is 4.74 Å². The number of hydrogen-bond acceptors (Lipinski definition) is 3. The second-order valence-electron chi connectivity index (χ2n) is 4.31. The lowest BCUT2D eigenvalue weighted by molar-refractivity contribution is -0.129. The molecule has 0 unspecified atom stereocenters. The van der Waals surface area contributed by atoms with Crippen molar-refractivity contribution in [3.8, 4) is 5.75 Å². The van der Waals surface area contributed by atoms with E-state index in [1.54, 1.807) is 14.0 Å². The standard InChI is InChI=1S/C13H17BrN2O2/c1-10(17)15-5-7-16(8-6-15)11-3-4-12(14)13(9-11)18-2/h3-4,9H,5-8H2,1-2H3. The van der Waals surface area contributed by atoms with Gasteiger partial charge in [0, 0.05) is 44.9 Å². The summed E-state index contributed by atoms with van der Waals surface area (Å²) in [5.41, 5.74) is 1.14. The summed E-state index contributed by atoms with van der Waals surface area (Å²) in [6.45, 7) is 4.93. The molecule has 5 heteroatoms. The SMILES string of the molecule is COc1cc(N2CCN(C(C)=O)CC2)ccc1Br. The molecular formula is C13H17BrN2O2. The third-order valence-corrected chi connectivity index (χ3v) is 3.88. The van der Waals surface area contributed by atoms with Crippen molar-refractivity contribution in [3.63, 3.8) is 0 Å². The zero-order chi connectivity index (χ0) is 13.1. The predicted molar refractivity (Wildman–Crippen MR) is 75.2 cm³/mol. The summed E-state index contributed by atoms with van der Waals surface area (Å²) in [5, 5.41) is 0. The zero-order valence-corrected chi connectivity index (χ0v) is 12.2. The lowest BCUT2D eigenvalue weighted by Crippen LogP contribution is -2.48. The third-order valence-electron chi connectivity index (χ3n) is 3.22. The van der Waals surface area contributed by atoms with Crippen molar-refractivity contribution in [2.45, 2.75) is 6.92 Å². The van der Waals surface area contributed by atoms with Crippen LogP contribution in [0.5, 0.6) is 5.75 Å². The Morgan fingerprint density at radius 1 is 1.28 bits per heavy atom.